The Hall–Kier alpha value is -2.76. The maximum Gasteiger partial charge on any atom is 0.142 e. The molecule has 2 aromatic heterocycles. The van der Waals surface area contributed by atoms with E-state index in [2.05, 4.69) is 43.8 Å². The second kappa shape index (κ2) is 6.03. The van der Waals surface area contributed by atoms with Crippen molar-refractivity contribution in [1.29, 1.82) is 0 Å². The Labute approximate surface area is 141 Å². The molecule has 1 N–H and O–H groups in total. The first-order valence-electron chi connectivity index (χ1n) is 8.20. The summed E-state index contributed by atoms with van der Waals surface area (Å²) in [6.45, 7) is 5.01. The SMILES string of the molecule is COc1ccccc1N1CCN(c2ncnc3[nH]ccc23)[C@H](C)C1. The van der Waals surface area contributed by atoms with Crippen LogP contribution in [0.25, 0.3) is 11.0 Å². The van der Waals surface area contributed by atoms with E-state index in [0.717, 1.165) is 47.9 Å². The molecule has 0 spiro atoms. The zero-order valence-corrected chi connectivity index (χ0v) is 13.9. The van der Waals surface area contributed by atoms with Gasteiger partial charge in [-0.05, 0) is 25.1 Å². The Morgan fingerprint density at radius 1 is 1.17 bits per heavy atom. The van der Waals surface area contributed by atoms with Crippen LogP contribution in [0.1, 0.15) is 6.92 Å². The van der Waals surface area contributed by atoms with Crippen LogP contribution in [0.4, 0.5) is 11.5 Å². The molecule has 0 saturated carbocycles. The molecule has 124 valence electrons. The van der Waals surface area contributed by atoms with Gasteiger partial charge in [-0.3, -0.25) is 0 Å². The summed E-state index contributed by atoms with van der Waals surface area (Å²) < 4.78 is 5.51. The minimum Gasteiger partial charge on any atom is -0.495 e. The van der Waals surface area contributed by atoms with Gasteiger partial charge in [0.1, 0.15) is 23.5 Å². The van der Waals surface area contributed by atoms with Gasteiger partial charge in [-0.25, -0.2) is 9.97 Å². The van der Waals surface area contributed by atoms with Gasteiger partial charge in [-0.1, -0.05) is 12.1 Å². The number of nitrogens with one attached hydrogen (secondary N) is 1. The third-order valence-electron chi connectivity index (χ3n) is 4.66. The Kier molecular flexibility index (Phi) is 3.72. The van der Waals surface area contributed by atoms with E-state index >= 15 is 0 Å². The fraction of sp³-hybridized carbons (Fsp3) is 0.333. The van der Waals surface area contributed by atoms with E-state index in [1.807, 2.05) is 24.4 Å². The number of rotatable bonds is 3. The van der Waals surface area contributed by atoms with Crippen LogP contribution in [0.3, 0.4) is 0 Å². The number of methoxy groups -OCH3 is 1. The first kappa shape index (κ1) is 14.8. The van der Waals surface area contributed by atoms with E-state index in [0.29, 0.717) is 6.04 Å². The lowest BCUT2D eigenvalue weighted by Crippen LogP contribution is -2.52. The van der Waals surface area contributed by atoms with Crippen molar-refractivity contribution in [3.8, 4) is 5.75 Å². The van der Waals surface area contributed by atoms with Gasteiger partial charge in [0.2, 0.25) is 0 Å². The molecule has 0 radical (unpaired) electrons. The molecule has 1 aromatic carbocycles. The van der Waals surface area contributed by atoms with Crippen molar-refractivity contribution in [1.82, 2.24) is 15.0 Å². The Balaban J connectivity index is 1.60. The minimum atomic E-state index is 0.344. The van der Waals surface area contributed by atoms with Crippen LogP contribution in [0.5, 0.6) is 5.75 Å². The average molecular weight is 323 g/mol. The molecule has 1 aliphatic rings. The third kappa shape index (κ3) is 2.44. The number of hydrogen-bond acceptors (Lipinski definition) is 5. The molecule has 6 heteroatoms. The summed E-state index contributed by atoms with van der Waals surface area (Å²) in [7, 11) is 1.72. The van der Waals surface area contributed by atoms with Crippen molar-refractivity contribution in [2.45, 2.75) is 13.0 Å². The highest BCUT2D eigenvalue weighted by Crippen LogP contribution is 2.31. The van der Waals surface area contributed by atoms with Crippen LogP contribution in [-0.4, -0.2) is 47.7 Å². The largest absolute Gasteiger partial charge is 0.495 e. The normalized spacial score (nSPS) is 18.2. The number of hydrogen-bond donors (Lipinski definition) is 1. The van der Waals surface area contributed by atoms with Crippen molar-refractivity contribution in [2.75, 3.05) is 36.5 Å². The molecule has 0 aliphatic carbocycles. The van der Waals surface area contributed by atoms with Crippen molar-refractivity contribution >= 4 is 22.5 Å². The molecule has 1 aliphatic heterocycles. The van der Waals surface area contributed by atoms with Crippen molar-refractivity contribution in [3.05, 3.63) is 42.9 Å². The van der Waals surface area contributed by atoms with Crippen LogP contribution in [0, 0.1) is 0 Å². The molecule has 1 saturated heterocycles. The fourth-order valence-electron chi connectivity index (χ4n) is 3.47. The van der Waals surface area contributed by atoms with E-state index in [1.54, 1.807) is 13.4 Å². The molecule has 4 rings (SSSR count). The summed E-state index contributed by atoms with van der Waals surface area (Å²) in [5.41, 5.74) is 2.04. The summed E-state index contributed by atoms with van der Waals surface area (Å²) >= 11 is 0. The summed E-state index contributed by atoms with van der Waals surface area (Å²) in [6.07, 6.45) is 3.55. The molecule has 1 fully saturated rings. The van der Waals surface area contributed by atoms with Crippen LogP contribution in [0.15, 0.2) is 42.9 Å². The van der Waals surface area contributed by atoms with E-state index in [9.17, 15) is 0 Å². The number of fused-ring (bicyclic) bond motifs is 1. The van der Waals surface area contributed by atoms with Crippen molar-refractivity contribution in [3.63, 3.8) is 0 Å². The number of piperazine rings is 1. The lowest BCUT2D eigenvalue weighted by molar-refractivity contribution is 0.412. The molecule has 0 unspecified atom stereocenters. The maximum absolute atomic E-state index is 5.51. The highest BCUT2D eigenvalue weighted by molar-refractivity contribution is 5.87. The Morgan fingerprint density at radius 3 is 2.88 bits per heavy atom. The van der Waals surface area contributed by atoms with Crippen LogP contribution < -0.4 is 14.5 Å². The molecule has 3 heterocycles. The topological polar surface area (TPSA) is 57.3 Å². The summed E-state index contributed by atoms with van der Waals surface area (Å²) in [5, 5.41) is 1.08. The Bertz CT molecular complexity index is 846. The second-order valence-electron chi connectivity index (χ2n) is 6.10. The number of para-hydroxylation sites is 2. The number of nitrogens with zero attached hydrogens (tertiary/aromatic N) is 4. The zero-order valence-electron chi connectivity index (χ0n) is 13.9. The second-order valence-corrected chi connectivity index (χ2v) is 6.10. The van der Waals surface area contributed by atoms with Gasteiger partial charge in [0.15, 0.2) is 0 Å². The minimum absolute atomic E-state index is 0.344. The molecule has 1 atom stereocenters. The lowest BCUT2D eigenvalue weighted by Gasteiger charge is -2.42. The summed E-state index contributed by atoms with van der Waals surface area (Å²) in [6, 6.07) is 10.6. The van der Waals surface area contributed by atoms with E-state index < -0.39 is 0 Å². The number of anilines is 2. The van der Waals surface area contributed by atoms with Gasteiger partial charge >= 0.3 is 0 Å². The van der Waals surface area contributed by atoms with Gasteiger partial charge in [0.25, 0.3) is 0 Å². The standard InChI is InChI=1S/C18H21N5O/c1-13-11-22(15-5-3-4-6-16(15)24-2)9-10-23(13)18-14-7-8-19-17(14)20-12-21-18/h3-8,12-13H,9-11H2,1-2H3,(H,19,20,21)/t13-/m1/s1. The van der Waals surface area contributed by atoms with Crippen molar-refractivity contribution < 1.29 is 4.74 Å². The Morgan fingerprint density at radius 2 is 2.04 bits per heavy atom. The summed E-state index contributed by atoms with van der Waals surface area (Å²) in [4.78, 5) is 16.7. The van der Waals surface area contributed by atoms with E-state index in [4.69, 9.17) is 4.74 Å². The smallest absolute Gasteiger partial charge is 0.142 e. The van der Waals surface area contributed by atoms with E-state index in [1.165, 1.54) is 0 Å². The fourth-order valence-corrected chi connectivity index (χ4v) is 3.47. The van der Waals surface area contributed by atoms with Crippen LogP contribution >= 0.6 is 0 Å². The molecule has 0 bridgehead atoms. The summed E-state index contributed by atoms with van der Waals surface area (Å²) in [5.74, 6) is 1.93. The van der Waals surface area contributed by atoms with Gasteiger partial charge in [-0.2, -0.15) is 0 Å². The number of benzene rings is 1. The average Bonchev–Trinajstić information content (AvgIpc) is 3.10. The number of aromatic nitrogens is 3. The number of H-pyrrole nitrogens is 1. The van der Waals surface area contributed by atoms with Crippen LogP contribution in [0.2, 0.25) is 0 Å². The molecule has 3 aromatic rings. The quantitative estimate of drug-likeness (QED) is 0.803. The van der Waals surface area contributed by atoms with Gasteiger partial charge in [-0.15, -0.1) is 0 Å². The van der Waals surface area contributed by atoms with E-state index in [-0.39, 0.29) is 0 Å². The van der Waals surface area contributed by atoms with Crippen LogP contribution in [-0.2, 0) is 0 Å². The molecule has 24 heavy (non-hydrogen) atoms. The number of aromatic amines is 1. The monoisotopic (exact) mass is 323 g/mol. The van der Waals surface area contributed by atoms with Crippen molar-refractivity contribution in [2.24, 2.45) is 0 Å². The molecule has 0 amide bonds. The predicted molar refractivity (Wildman–Crippen MR) is 95.9 cm³/mol. The molecule has 6 nitrogen and oxygen atoms in total. The predicted octanol–water partition coefficient (Wildman–Crippen LogP) is 2.68. The van der Waals surface area contributed by atoms with Gasteiger partial charge < -0.3 is 19.5 Å². The highest BCUT2D eigenvalue weighted by atomic mass is 16.5. The highest BCUT2D eigenvalue weighted by Gasteiger charge is 2.27. The first-order chi connectivity index (χ1) is 11.8. The van der Waals surface area contributed by atoms with Gasteiger partial charge in [0.05, 0.1) is 18.2 Å². The van der Waals surface area contributed by atoms with Gasteiger partial charge in [0, 0.05) is 31.9 Å². The number of ether oxygens (including phenoxy) is 1. The first-order valence-corrected chi connectivity index (χ1v) is 8.20. The molecular weight excluding hydrogens is 302 g/mol. The third-order valence-corrected chi connectivity index (χ3v) is 4.66. The maximum atomic E-state index is 5.51. The zero-order chi connectivity index (χ0) is 16.5. The molecular formula is C18H21N5O. The lowest BCUT2D eigenvalue weighted by atomic mass is 10.1.